The van der Waals surface area contributed by atoms with E-state index in [0.29, 0.717) is 0 Å². The summed E-state index contributed by atoms with van der Waals surface area (Å²) < 4.78 is 1.29. The minimum Gasteiger partial charge on any atom is -0.271 e. The van der Waals surface area contributed by atoms with Crippen LogP contribution in [0.4, 0.5) is 0 Å². The summed E-state index contributed by atoms with van der Waals surface area (Å²) in [5.41, 5.74) is 5.35. The molecule has 2 nitrogen and oxygen atoms in total. The second kappa shape index (κ2) is 5.94. The topological polar surface area (TPSA) is 38.0 Å². The third kappa shape index (κ3) is 2.72. The molecule has 0 spiro atoms. The molecule has 0 fully saturated rings. The molecule has 1 atom stereocenters. The van der Waals surface area contributed by atoms with Gasteiger partial charge in [-0.3, -0.25) is 11.3 Å². The van der Waals surface area contributed by atoms with E-state index in [-0.39, 0.29) is 6.04 Å². The van der Waals surface area contributed by atoms with Gasteiger partial charge in [0.2, 0.25) is 0 Å². The molecule has 20 heavy (non-hydrogen) atoms. The van der Waals surface area contributed by atoms with Crippen LogP contribution in [-0.4, -0.2) is 0 Å². The van der Waals surface area contributed by atoms with Crippen LogP contribution in [0, 0.1) is 0 Å². The zero-order valence-electron chi connectivity index (χ0n) is 10.8. The van der Waals surface area contributed by atoms with Gasteiger partial charge in [-0.15, -0.1) is 11.3 Å². The Kier molecular flexibility index (Phi) is 4.03. The fourth-order valence-electron chi connectivity index (χ4n) is 2.43. The number of fused-ring (bicyclic) bond motifs is 1. The monoisotopic (exact) mass is 302 g/mol. The first-order valence-corrected chi connectivity index (χ1v) is 7.70. The second-order valence-electron chi connectivity index (χ2n) is 4.74. The van der Waals surface area contributed by atoms with Gasteiger partial charge in [0.1, 0.15) is 0 Å². The average molecular weight is 303 g/mol. The molecule has 0 aliphatic carbocycles. The van der Waals surface area contributed by atoms with Crippen LogP contribution >= 0.6 is 22.9 Å². The molecule has 4 heteroatoms. The van der Waals surface area contributed by atoms with E-state index >= 15 is 0 Å². The van der Waals surface area contributed by atoms with E-state index in [1.54, 1.807) is 11.3 Å². The molecular formula is C16H15ClN2S. The van der Waals surface area contributed by atoms with Crippen molar-refractivity contribution < 1.29 is 0 Å². The molecular weight excluding hydrogens is 288 g/mol. The van der Waals surface area contributed by atoms with Crippen molar-refractivity contribution in [2.24, 2.45) is 5.84 Å². The molecule has 0 amide bonds. The van der Waals surface area contributed by atoms with E-state index in [0.717, 1.165) is 11.4 Å². The number of benzene rings is 2. The minimum absolute atomic E-state index is 0.0876. The molecule has 0 aliphatic rings. The molecule has 1 heterocycles. The Hall–Kier alpha value is -1.39. The van der Waals surface area contributed by atoms with Crippen LogP contribution in [0.3, 0.4) is 0 Å². The zero-order chi connectivity index (χ0) is 13.9. The Morgan fingerprint density at radius 3 is 2.80 bits per heavy atom. The van der Waals surface area contributed by atoms with Crippen molar-refractivity contribution >= 4 is 33.0 Å². The van der Waals surface area contributed by atoms with Crippen molar-refractivity contribution in [3.05, 3.63) is 70.1 Å². The van der Waals surface area contributed by atoms with Gasteiger partial charge in [-0.25, -0.2) is 0 Å². The van der Waals surface area contributed by atoms with Gasteiger partial charge < -0.3 is 0 Å². The predicted molar refractivity (Wildman–Crippen MR) is 87.0 cm³/mol. The van der Waals surface area contributed by atoms with E-state index in [2.05, 4.69) is 41.1 Å². The van der Waals surface area contributed by atoms with Gasteiger partial charge >= 0.3 is 0 Å². The lowest BCUT2D eigenvalue weighted by Crippen LogP contribution is -2.29. The third-order valence-corrected chi connectivity index (χ3v) is 4.63. The highest BCUT2D eigenvalue weighted by Crippen LogP contribution is 2.31. The fourth-order valence-corrected chi connectivity index (χ4v) is 3.65. The Labute approximate surface area is 127 Å². The largest absolute Gasteiger partial charge is 0.271 e. The molecule has 1 unspecified atom stereocenters. The Morgan fingerprint density at radius 2 is 2.00 bits per heavy atom. The standard InChI is InChI=1S/C16H15ClN2S/c17-12-5-3-4-11(8-12)9-15(19-18)14-10-20-16-7-2-1-6-13(14)16/h1-8,10,15,19H,9,18H2. The van der Waals surface area contributed by atoms with Gasteiger partial charge in [0.25, 0.3) is 0 Å². The molecule has 0 bridgehead atoms. The summed E-state index contributed by atoms with van der Waals surface area (Å²) in [5.74, 6) is 5.76. The Morgan fingerprint density at radius 1 is 1.15 bits per heavy atom. The molecule has 0 saturated carbocycles. The van der Waals surface area contributed by atoms with Gasteiger partial charge in [0.05, 0.1) is 6.04 Å². The number of nitrogens with two attached hydrogens (primary N) is 1. The van der Waals surface area contributed by atoms with Gasteiger partial charge in [0.15, 0.2) is 0 Å². The van der Waals surface area contributed by atoms with Gasteiger partial charge in [-0.05, 0) is 46.5 Å². The maximum Gasteiger partial charge on any atom is 0.0514 e. The third-order valence-electron chi connectivity index (χ3n) is 3.42. The lowest BCUT2D eigenvalue weighted by atomic mass is 9.99. The molecule has 0 saturated heterocycles. The molecule has 3 N–H and O–H groups in total. The van der Waals surface area contributed by atoms with E-state index in [1.165, 1.54) is 21.2 Å². The van der Waals surface area contributed by atoms with Crippen LogP contribution in [0.25, 0.3) is 10.1 Å². The summed E-state index contributed by atoms with van der Waals surface area (Å²) in [6.07, 6.45) is 0.817. The predicted octanol–water partition coefficient (Wildman–Crippen LogP) is 4.30. The number of nitrogens with one attached hydrogen (secondary N) is 1. The lowest BCUT2D eigenvalue weighted by Gasteiger charge is -2.16. The molecule has 0 radical (unpaired) electrons. The number of rotatable bonds is 4. The van der Waals surface area contributed by atoms with Crippen molar-refractivity contribution in [3.63, 3.8) is 0 Å². The average Bonchev–Trinajstić information content (AvgIpc) is 2.89. The summed E-state index contributed by atoms with van der Waals surface area (Å²) in [4.78, 5) is 0. The highest BCUT2D eigenvalue weighted by atomic mass is 35.5. The molecule has 102 valence electrons. The van der Waals surface area contributed by atoms with Crippen LogP contribution in [0.15, 0.2) is 53.9 Å². The minimum atomic E-state index is 0.0876. The number of thiophene rings is 1. The van der Waals surface area contributed by atoms with Gasteiger partial charge in [-0.1, -0.05) is 41.9 Å². The highest BCUT2D eigenvalue weighted by Gasteiger charge is 2.15. The SMILES string of the molecule is NNC(Cc1cccc(Cl)c1)c1csc2ccccc12. The maximum atomic E-state index is 6.04. The number of hydrogen-bond acceptors (Lipinski definition) is 3. The summed E-state index contributed by atoms with van der Waals surface area (Å²) in [5, 5.41) is 4.20. The number of hydrazine groups is 1. The van der Waals surface area contributed by atoms with Crippen molar-refractivity contribution in [2.75, 3.05) is 0 Å². The van der Waals surface area contributed by atoms with E-state index in [1.807, 2.05) is 18.2 Å². The van der Waals surface area contributed by atoms with Gasteiger partial charge in [-0.2, -0.15) is 0 Å². The van der Waals surface area contributed by atoms with Crippen molar-refractivity contribution in [3.8, 4) is 0 Å². The summed E-state index contributed by atoms with van der Waals surface area (Å²) in [6.45, 7) is 0. The van der Waals surface area contributed by atoms with Gasteiger partial charge in [0, 0.05) is 9.72 Å². The Balaban J connectivity index is 1.93. The quantitative estimate of drug-likeness (QED) is 0.557. The molecule has 3 rings (SSSR count). The molecule has 1 aromatic heterocycles. The summed E-state index contributed by atoms with van der Waals surface area (Å²) in [6, 6.07) is 16.4. The smallest absolute Gasteiger partial charge is 0.0514 e. The van der Waals surface area contributed by atoms with Crippen molar-refractivity contribution in [2.45, 2.75) is 12.5 Å². The van der Waals surface area contributed by atoms with Crippen LogP contribution in [0.1, 0.15) is 17.2 Å². The fraction of sp³-hybridized carbons (Fsp3) is 0.125. The summed E-state index contributed by atoms with van der Waals surface area (Å²) >= 11 is 7.79. The van der Waals surface area contributed by atoms with Crippen LogP contribution in [0.2, 0.25) is 5.02 Å². The lowest BCUT2D eigenvalue weighted by molar-refractivity contribution is 0.557. The molecule has 0 aliphatic heterocycles. The molecule has 3 aromatic rings. The van der Waals surface area contributed by atoms with Crippen LogP contribution in [0.5, 0.6) is 0 Å². The van der Waals surface area contributed by atoms with E-state index in [4.69, 9.17) is 17.4 Å². The first kappa shape index (κ1) is 13.6. The second-order valence-corrected chi connectivity index (χ2v) is 6.09. The van der Waals surface area contributed by atoms with Crippen LogP contribution < -0.4 is 11.3 Å². The normalized spacial score (nSPS) is 12.7. The molecule has 2 aromatic carbocycles. The highest BCUT2D eigenvalue weighted by molar-refractivity contribution is 7.17. The maximum absolute atomic E-state index is 6.04. The van der Waals surface area contributed by atoms with Crippen molar-refractivity contribution in [1.29, 1.82) is 0 Å². The first-order chi connectivity index (χ1) is 9.78. The summed E-state index contributed by atoms with van der Waals surface area (Å²) in [7, 11) is 0. The van der Waals surface area contributed by atoms with Crippen LogP contribution in [-0.2, 0) is 6.42 Å². The van der Waals surface area contributed by atoms with Crippen molar-refractivity contribution in [1.82, 2.24) is 5.43 Å². The number of halogens is 1. The van der Waals surface area contributed by atoms with E-state index < -0.39 is 0 Å². The first-order valence-electron chi connectivity index (χ1n) is 6.44. The Bertz CT molecular complexity index is 723. The van der Waals surface area contributed by atoms with E-state index in [9.17, 15) is 0 Å². The number of hydrogen-bond donors (Lipinski definition) is 2. The zero-order valence-corrected chi connectivity index (χ0v) is 12.4.